The number of rotatable bonds is 2. The van der Waals surface area contributed by atoms with Gasteiger partial charge in [-0.25, -0.2) is 4.79 Å². The molecular formula is C12H15NO2. The smallest absolute Gasteiger partial charge is 0.338 e. The van der Waals surface area contributed by atoms with Crippen LogP contribution in [0.25, 0.3) is 0 Å². The highest BCUT2D eigenvalue weighted by Crippen LogP contribution is 2.39. The van der Waals surface area contributed by atoms with Crippen LogP contribution in [0.2, 0.25) is 0 Å². The molecule has 2 unspecified atom stereocenters. The molecule has 15 heavy (non-hydrogen) atoms. The lowest BCUT2D eigenvalue weighted by Gasteiger charge is -2.06. The third-order valence-electron chi connectivity index (χ3n) is 2.92. The molecule has 1 fully saturated rings. The highest BCUT2D eigenvalue weighted by Gasteiger charge is 2.34. The third-order valence-corrected chi connectivity index (χ3v) is 2.92. The summed E-state index contributed by atoms with van der Waals surface area (Å²) in [6, 6.07) is 6.12. The van der Waals surface area contributed by atoms with Gasteiger partial charge in [-0.05, 0) is 30.5 Å². The minimum atomic E-state index is -0.279. The van der Waals surface area contributed by atoms with Crippen LogP contribution < -0.4 is 5.73 Å². The van der Waals surface area contributed by atoms with Crippen molar-refractivity contribution in [2.75, 3.05) is 7.11 Å². The van der Waals surface area contributed by atoms with Gasteiger partial charge in [0.15, 0.2) is 0 Å². The molecule has 1 aliphatic carbocycles. The lowest BCUT2D eigenvalue weighted by molar-refractivity contribution is 0.0600. The van der Waals surface area contributed by atoms with Crippen LogP contribution in [0.3, 0.4) is 0 Å². The van der Waals surface area contributed by atoms with Gasteiger partial charge in [-0.3, -0.25) is 0 Å². The van der Waals surface area contributed by atoms with Gasteiger partial charge < -0.3 is 10.5 Å². The Kier molecular flexibility index (Phi) is 2.49. The zero-order valence-corrected chi connectivity index (χ0v) is 8.99. The first kappa shape index (κ1) is 10.2. The zero-order valence-electron chi connectivity index (χ0n) is 8.99. The van der Waals surface area contributed by atoms with Crippen molar-refractivity contribution >= 4 is 5.97 Å². The fourth-order valence-electron chi connectivity index (χ4n) is 1.85. The molecule has 3 heteroatoms. The van der Waals surface area contributed by atoms with Gasteiger partial charge in [0.25, 0.3) is 0 Å². The molecule has 0 bridgehead atoms. The molecule has 1 aromatic carbocycles. The number of nitrogens with two attached hydrogens (primary N) is 1. The van der Waals surface area contributed by atoms with Gasteiger partial charge in [0.05, 0.1) is 12.7 Å². The van der Waals surface area contributed by atoms with Crippen LogP contribution >= 0.6 is 0 Å². The first-order valence-corrected chi connectivity index (χ1v) is 5.08. The van der Waals surface area contributed by atoms with Gasteiger partial charge in [0, 0.05) is 12.0 Å². The largest absolute Gasteiger partial charge is 0.465 e. The Hall–Kier alpha value is -1.35. The molecule has 0 aromatic heterocycles. The number of methoxy groups -OCH3 is 1. The maximum atomic E-state index is 11.3. The molecule has 1 aliphatic rings. The molecule has 0 radical (unpaired) electrons. The van der Waals surface area contributed by atoms with Crippen LogP contribution in [0, 0.1) is 6.92 Å². The Morgan fingerprint density at radius 1 is 1.53 bits per heavy atom. The van der Waals surface area contributed by atoms with Crippen molar-refractivity contribution in [3.8, 4) is 0 Å². The van der Waals surface area contributed by atoms with Crippen LogP contribution in [0.4, 0.5) is 0 Å². The summed E-state index contributed by atoms with van der Waals surface area (Å²) >= 11 is 0. The van der Waals surface area contributed by atoms with E-state index in [0.29, 0.717) is 17.5 Å². The number of aryl methyl sites for hydroxylation is 1. The summed E-state index contributed by atoms with van der Waals surface area (Å²) in [5.41, 5.74) is 8.60. The molecule has 0 saturated heterocycles. The number of hydrogen-bond acceptors (Lipinski definition) is 3. The number of hydrogen-bond donors (Lipinski definition) is 1. The van der Waals surface area contributed by atoms with E-state index in [1.54, 1.807) is 0 Å². The predicted molar refractivity (Wildman–Crippen MR) is 57.9 cm³/mol. The molecule has 0 spiro atoms. The summed E-state index contributed by atoms with van der Waals surface area (Å²) in [5, 5.41) is 0. The molecule has 0 aliphatic heterocycles. The number of benzene rings is 1. The van der Waals surface area contributed by atoms with Gasteiger partial charge >= 0.3 is 5.97 Å². The van der Waals surface area contributed by atoms with Crippen molar-refractivity contribution in [2.45, 2.75) is 25.3 Å². The third kappa shape index (κ3) is 1.88. The molecule has 1 aromatic rings. The lowest BCUT2D eigenvalue weighted by Crippen LogP contribution is -2.05. The van der Waals surface area contributed by atoms with E-state index in [1.807, 2.05) is 25.1 Å². The summed E-state index contributed by atoms with van der Waals surface area (Å²) in [4.78, 5) is 11.3. The van der Waals surface area contributed by atoms with Gasteiger partial charge in [0.1, 0.15) is 0 Å². The average molecular weight is 205 g/mol. The molecule has 0 heterocycles. The summed E-state index contributed by atoms with van der Waals surface area (Å²) in [6.07, 6.45) is 1.05. The van der Waals surface area contributed by atoms with Crippen molar-refractivity contribution in [1.29, 1.82) is 0 Å². The Bertz CT molecular complexity index is 401. The van der Waals surface area contributed by atoms with E-state index >= 15 is 0 Å². The Balaban J connectivity index is 2.27. The maximum absolute atomic E-state index is 11.3. The standard InChI is InChI=1S/C12H15NO2/c1-7-5-8(10-6-11(10)13)3-4-9(7)12(14)15-2/h3-5,10-11H,6,13H2,1-2H3. The van der Waals surface area contributed by atoms with E-state index in [-0.39, 0.29) is 5.97 Å². The fourth-order valence-corrected chi connectivity index (χ4v) is 1.85. The highest BCUT2D eigenvalue weighted by atomic mass is 16.5. The van der Waals surface area contributed by atoms with Crippen LogP contribution in [0.1, 0.15) is 33.8 Å². The molecule has 2 rings (SSSR count). The summed E-state index contributed by atoms with van der Waals surface area (Å²) in [6.45, 7) is 1.92. The van der Waals surface area contributed by atoms with Crippen molar-refractivity contribution in [3.05, 3.63) is 34.9 Å². The first-order valence-electron chi connectivity index (χ1n) is 5.08. The van der Waals surface area contributed by atoms with Crippen molar-refractivity contribution < 1.29 is 9.53 Å². The topological polar surface area (TPSA) is 52.3 Å². The van der Waals surface area contributed by atoms with Crippen LogP contribution in [0.5, 0.6) is 0 Å². The second-order valence-electron chi connectivity index (χ2n) is 4.07. The van der Waals surface area contributed by atoms with Crippen molar-refractivity contribution in [1.82, 2.24) is 0 Å². The molecule has 1 saturated carbocycles. The van der Waals surface area contributed by atoms with Gasteiger partial charge in [-0.2, -0.15) is 0 Å². The molecule has 2 N–H and O–H groups in total. The molecule has 2 atom stereocenters. The van der Waals surface area contributed by atoms with Crippen molar-refractivity contribution in [3.63, 3.8) is 0 Å². The van der Waals surface area contributed by atoms with E-state index in [1.165, 1.54) is 12.7 Å². The Morgan fingerprint density at radius 2 is 2.20 bits per heavy atom. The van der Waals surface area contributed by atoms with Crippen LogP contribution in [-0.4, -0.2) is 19.1 Å². The molecule has 3 nitrogen and oxygen atoms in total. The summed E-state index contributed by atoms with van der Waals surface area (Å²) in [7, 11) is 1.40. The van der Waals surface area contributed by atoms with Gasteiger partial charge in [0.2, 0.25) is 0 Å². The van der Waals surface area contributed by atoms with Crippen molar-refractivity contribution in [2.24, 2.45) is 5.73 Å². The Morgan fingerprint density at radius 3 is 2.67 bits per heavy atom. The molecule has 0 amide bonds. The number of ether oxygens (including phenoxy) is 1. The van der Waals surface area contributed by atoms with Gasteiger partial charge in [-0.1, -0.05) is 12.1 Å². The zero-order chi connectivity index (χ0) is 11.0. The Labute approximate surface area is 89.2 Å². The van der Waals surface area contributed by atoms with E-state index in [9.17, 15) is 4.79 Å². The molecule has 80 valence electrons. The maximum Gasteiger partial charge on any atom is 0.338 e. The second-order valence-corrected chi connectivity index (χ2v) is 4.07. The summed E-state index contributed by atoms with van der Waals surface area (Å²) in [5.74, 6) is 0.203. The number of esters is 1. The van der Waals surface area contributed by atoms with E-state index in [2.05, 4.69) is 0 Å². The quantitative estimate of drug-likeness (QED) is 0.746. The minimum absolute atomic E-state index is 0.279. The van der Waals surface area contributed by atoms with Gasteiger partial charge in [-0.15, -0.1) is 0 Å². The van der Waals surface area contributed by atoms with E-state index in [0.717, 1.165) is 12.0 Å². The SMILES string of the molecule is COC(=O)c1ccc(C2CC2N)cc1C. The normalized spacial score (nSPS) is 23.7. The van der Waals surface area contributed by atoms with E-state index in [4.69, 9.17) is 10.5 Å². The number of carbonyl (C=O) groups excluding carboxylic acids is 1. The fraction of sp³-hybridized carbons (Fsp3) is 0.417. The highest BCUT2D eigenvalue weighted by molar-refractivity contribution is 5.91. The minimum Gasteiger partial charge on any atom is -0.465 e. The second kappa shape index (κ2) is 3.66. The molecular weight excluding hydrogens is 190 g/mol. The first-order chi connectivity index (χ1) is 7.13. The van der Waals surface area contributed by atoms with Crippen LogP contribution in [-0.2, 0) is 4.74 Å². The average Bonchev–Trinajstić information content (AvgIpc) is 2.94. The summed E-state index contributed by atoms with van der Waals surface area (Å²) < 4.78 is 4.69. The monoisotopic (exact) mass is 205 g/mol. The predicted octanol–water partition coefficient (Wildman–Crippen LogP) is 1.60. The lowest BCUT2D eigenvalue weighted by atomic mass is 10.0. The van der Waals surface area contributed by atoms with E-state index < -0.39 is 0 Å². The number of carbonyl (C=O) groups is 1. The van der Waals surface area contributed by atoms with Crippen LogP contribution in [0.15, 0.2) is 18.2 Å².